The number of fused-ring (bicyclic) bond motifs is 1. The highest BCUT2D eigenvalue weighted by Gasteiger charge is 2.16. The number of hydrogen-bond donors (Lipinski definition) is 1. The lowest BCUT2D eigenvalue weighted by molar-refractivity contribution is -0.307. The normalized spacial score (nSPS) is 13.9. The van der Waals surface area contributed by atoms with Crippen molar-refractivity contribution in [3.63, 3.8) is 0 Å². The molecule has 0 aliphatic heterocycles. The molecular formula is C21H23N2O5S-. The number of hydrogen-bond acceptors (Lipinski definition) is 7. The first-order valence-corrected chi connectivity index (χ1v) is 10.3. The van der Waals surface area contributed by atoms with Crippen molar-refractivity contribution in [2.24, 2.45) is 5.10 Å². The molecule has 3 rings (SSSR count). The fourth-order valence-electron chi connectivity index (χ4n) is 3.18. The van der Waals surface area contributed by atoms with Crippen LogP contribution in [0.15, 0.2) is 29.4 Å². The van der Waals surface area contributed by atoms with Crippen LogP contribution in [0.2, 0.25) is 0 Å². The molecular weight excluding hydrogens is 392 g/mol. The second-order valence-corrected chi connectivity index (χ2v) is 7.92. The van der Waals surface area contributed by atoms with E-state index >= 15 is 0 Å². The Morgan fingerprint density at radius 3 is 2.72 bits per heavy atom. The van der Waals surface area contributed by atoms with Gasteiger partial charge in [-0.3, -0.25) is 4.79 Å². The number of carbonyl (C=O) groups excluding carboxylic acids is 2. The number of hydrazone groups is 1. The summed E-state index contributed by atoms with van der Waals surface area (Å²) in [6.07, 6.45) is 5.67. The van der Waals surface area contributed by atoms with Crippen LogP contribution in [0.5, 0.6) is 11.5 Å². The molecule has 0 spiro atoms. The van der Waals surface area contributed by atoms with Gasteiger partial charge in [0.1, 0.15) is 6.61 Å². The molecule has 154 valence electrons. The summed E-state index contributed by atoms with van der Waals surface area (Å²) in [5, 5.41) is 14.8. The molecule has 0 unspecified atom stereocenters. The number of benzene rings is 1. The van der Waals surface area contributed by atoms with Gasteiger partial charge in [-0.15, -0.1) is 11.3 Å². The maximum absolute atomic E-state index is 12.5. The van der Waals surface area contributed by atoms with Gasteiger partial charge >= 0.3 is 0 Å². The van der Waals surface area contributed by atoms with E-state index in [1.807, 2.05) is 6.07 Å². The Kier molecular flexibility index (Phi) is 6.87. The zero-order valence-corrected chi connectivity index (χ0v) is 17.3. The number of amides is 1. The van der Waals surface area contributed by atoms with Gasteiger partial charge < -0.3 is 19.4 Å². The van der Waals surface area contributed by atoms with E-state index in [4.69, 9.17) is 9.47 Å². The van der Waals surface area contributed by atoms with Crippen LogP contribution in [0.1, 0.15) is 51.9 Å². The van der Waals surface area contributed by atoms with Gasteiger partial charge in [-0.1, -0.05) is 6.42 Å². The Bertz CT molecular complexity index is 912. The van der Waals surface area contributed by atoms with E-state index < -0.39 is 12.6 Å². The lowest BCUT2D eigenvalue weighted by Crippen LogP contribution is -2.29. The molecule has 1 amide bonds. The number of ether oxygens (including phenoxy) is 2. The van der Waals surface area contributed by atoms with Crippen LogP contribution in [-0.2, 0) is 17.6 Å². The molecule has 0 bridgehead atoms. The lowest BCUT2D eigenvalue weighted by atomic mass is 10.1. The van der Waals surface area contributed by atoms with Crippen LogP contribution in [-0.4, -0.2) is 31.3 Å². The summed E-state index contributed by atoms with van der Waals surface area (Å²) in [6, 6.07) is 6.96. The molecule has 0 fully saturated rings. The predicted molar refractivity (Wildman–Crippen MR) is 109 cm³/mol. The third kappa shape index (κ3) is 5.35. The maximum Gasteiger partial charge on any atom is 0.281 e. The van der Waals surface area contributed by atoms with Crippen LogP contribution < -0.4 is 20.0 Å². The maximum atomic E-state index is 12.5. The van der Waals surface area contributed by atoms with E-state index in [1.54, 1.807) is 36.5 Å². The third-order valence-corrected chi connectivity index (χ3v) is 5.96. The summed E-state index contributed by atoms with van der Waals surface area (Å²) in [5.74, 6) is -0.880. The summed E-state index contributed by atoms with van der Waals surface area (Å²) in [4.78, 5) is 25.0. The summed E-state index contributed by atoms with van der Waals surface area (Å²) in [6.45, 7) is 1.20. The smallest absolute Gasteiger partial charge is 0.281 e. The molecule has 1 aliphatic rings. The molecule has 7 nitrogen and oxygen atoms in total. The SMILES string of the molecule is COc1cc(/C(C)=N\NC(=O)c2cc3c(s2)CCCCC3)ccc1OCC(=O)[O-]. The summed E-state index contributed by atoms with van der Waals surface area (Å²) < 4.78 is 10.4. The molecule has 1 aromatic heterocycles. The second kappa shape index (κ2) is 9.56. The Balaban J connectivity index is 1.69. The van der Waals surface area contributed by atoms with Gasteiger partial charge in [0.25, 0.3) is 5.91 Å². The highest BCUT2D eigenvalue weighted by atomic mass is 32.1. The van der Waals surface area contributed by atoms with Crippen LogP contribution in [0.25, 0.3) is 0 Å². The third-order valence-electron chi connectivity index (χ3n) is 4.72. The van der Waals surface area contributed by atoms with Gasteiger partial charge in [0.15, 0.2) is 11.5 Å². The molecule has 1 N–H and O–H groups in total. The molecule has 0 saturated heterocycles. The average molecular weight is 415 g/mol. The first-order chi connectivity index (χ1) is 14.0. The van der Waals surface area contributed by atoms with E-state index in [1.165, 1.54) is 36.8 Å². The number of carbonyl (C=O) groups is 2. The van der Waals surface area contributed by atoms with E-state index in [9.17, 15) is 14.7 Å². The minimum absolute atomic E-state index is 0.219. The molecule has 1 heterocycles. The van der Waals surface area contributed by atoms with Crippen LogP contribution in [0.4, 0.5) is 0 Å². The summed E-state index contributed by atoms with van der Waals surface area (Å²) in [7, 11) is 1.46. The van der Waals surface area contributed by atoms with Crippen molar-refractivity contribution in [2.75, 3.05) is 13.7 Å². The molecule has 8 heteroatoms. The van der Waals surface area contributed by atoms with Gasteiger partial charge in [0.2, 0.25) is 0 Å². The summed E-state index contributed by atoms with van der Waals surface area (Å²) >= 11 is 1.55. The summed E-state index contributed by atoms with van der Waals surface area (Å²) in [5.41, 5.74) is 5.20. The molecule has 0 saturated carbocycles. The topological polar surface area (TPSA) is 100 Å². The Labute approximate surface area is 173 Å². The van der Waals surface area contributed by atoms with Crippen molar-refractivity contribution in [1.29, 1.82) is 0 Å². The van der Waals surface area contributed by atoms with E-state index in [-0.39, 0.29) is 11.7 Å². The van der Waals surface area contributed by atoms with E-state index in [0.29, 0.717) is 21.9 Å². The average Bonchev–Trinajstić information content (AvgIpc) is 3.00. The second-order valence-electron chi connectivity index (χ2n) is 6.78. The molecule has 0 atom stereocenters. The van der Waals surface area contributed by atoms with Crippen molar-refractivity contribution < 1.29 is 24.2 Å². The van der Waals surface area contributed by atoms with Crippen LogP contribution in [0, 0.1) is 0 Å². The predicted octanol–water partition coefficient (Wildman–Crippen LogP) is 2.31. The molecule has 0 radical (unpaired) electrons. The Morgan fingerprint density at radius 2 is 1.97 bits per heavy atom. The fourth-order valence-corrected chi connectivity index (χ4v) is 4.33. The van der Waals surface area contributed by atoms with Crippen molar-refractivity contribution in [2.45, 2.75) is 39.0 Å². The van der Waals surface area contributed by atoms with Gasteiger partial charge in [0, 0.05) is 10.4 Å². The minimum Gasteiger partial charge on any atom is -0.546 e. The minimum atomic E-state index is -1.32. The van der Waals surface area contributed by atoms with Crippen LogP contribution >= 0.6 is 11.3 Å². The highest BCUT2D eigenvalue weighted by molar-refractivity contribution is 7.14. The number of aryl methyl sites for hydroxylation is 2. The standard InChI is InChI=1S/C21H24N2O5S/c1-13(14-8-9-16(17(10-14)27-2)28-12-20(24)25)22-23-21(26)19-11-15-6-4-3-5-7-18(15)29-19/h8-11H,3-7,12H2,1-2H3,(H,23,26)(H,24,25)/p-1/b22-13-. The number of nitrogens with one attached hydrogen (secondary N) is 1. The number of thiophene rings is 1. The van der Waals surface area contributed by atoms with Gasteiger partial charge in [-0.05, 0) is 62.4 Å². The Morgan fingerprint density at radius 1 is 1.17 bits per heavy atom. The first kappa shape index (κ1) is 20.9. The number of methoxy groups -OCH3 is 1. The zero-order valence-electron chi connectivity index (χ0n) is 16.4. The quantitative estimate of drug-likeness (QED) is 0.425. The lowest BCUT2D eigenvalue weighted by Gasteiger charge is -2.12. The number of aliphatic carboxylic acids is 1. The fraction of sp³-hybridized carbons (Fsp3) is 0.381. The van der Waals surface area contributed by atoms with Crippen molar-refractivity contribution >= 4 is 28.9 Å². The molecule has 1 aromatic carbocycles. The zero-order chi connectivity index (χ0) is 20.8. The molecule has 1 aliphatic carbocycles. The number of carboxylic acids is 1. The van der Waals surface area contributed by atoms with Crippen molar-refractivity contribution in [3.8, 4) is 11.5 Å². The first-order valence-electron chi connectivity index (χ1n) is 9.45. The van der Waals surface area contributed by atoms with Crippen LogP contribution in [0.3, 0.4) is 0 Å². The molecule has 29 heavy (non-hydrogen) atoms. The van der Waals surface area contributed by atoms with Crippen molar-refractivity contribution in [1.82, 2.24) is 5.43 Å². The Hall–Kier alpha value is -2.87. The van der Waals surface area contributed by atoms with Gasteiger partial charge in [0.05, 0.1) is 23.7 Å². The van der Waals surface area contributed by atoms with Gasteiger partial charge in [-0.2, -0.15) is 5.10 Å². The molecule has 2 aromatic rings. The van der Waals surface area contributed by atoms with Crippen molar-refractivity contribution in [3.05, 3.63) is 45.1 Å². The largest absolute Gasteiger partial charge is 0.546 e. The van der Waals surface area contributed by atoms with Gasteiger partial charge in [-0.25, -0.2) is 5.43 Å². The van der Waals surface area contributed by atoms with E-state index in [0.717, 1.165) is 12.8 Å². The number of carboxylic acid groups (broad SMARTS) is 1. The monoisotopic (exact) mass is 415 g/mol. The van der Waals surface area contributed by atoms with E-state index in [2.05, 4.69) is 10.5 Å². The number of nitrogens with zero attached hydrogens (tertiary/aromatic N) is 1. The highest BCUT2D eigenvalue weighted by Crippen LogP contribution is 2.29. The number of rotatable bonds is 7.